The van der Waals surface area contributed by atoms with E-state index in [9.17, 15) is 19.8 Å². The molecule has 0 radical (unpaired) electrons. The van der Waals surface area contributed by atoms with Crippen molar-refractivity contribution in [3.05, 3.63) is 40.5 Å². The Labute approximate surface area is 137 Å². The van der Waals surface area contributed by atoms with E-state index < -0.39 is 17.3 Å². The molecule has 0 aromatic heterocycles. The molecule has 1 aliphatic carbocycles. The van der Waals surface area contributed by atoms with Crippen LogP contribution in [-0.4, -0.2) is 38.0 Å². The van der Waals surface area contributed by atoms with Crippen LogP contribution >= 0.6 is 0 Å². The van der Waals surface area contributed by atoms with E-state index >= 15 is 0 Å². The second-order valence-electron chi connectivity index (χ2n) is 5.04. The molecule has 0 spiro atoms. The lowest BCUT2D eigenvalue weighted by Gasteiger charge is -2.28. The van der Waals surface area contributed by atoms with Crippen molar-refractivity contribution < 1.29 is 34.0 Å². The van der Waals surface area contributed by atoms with Crippen LogP contribution in [0, 0.1) is 0 Å². The van der Waals surface area contributed by atoms with Gasteiger partial charge in [0.15, 0.2) is 17.3 Å². The molecule has 0 fully saturated rings. The Balaban J connectivity index is 2.48. The van der Waals surface area contributed by atoms with Gasteiger partial charge in [0, 0.05) is 5.56 Å². The predicted molar refractivity (Wildman–Crippen MR) is 80.5 cm³/mol. The third-order valence-corrected chi connectivity index (χ3v) is 3.90. The van der Waals surface area contributed by atoms with E-state index in [1.165, 1.54) is 39.5 Å². The van der Waals surface area contributed by atoms with Crippen LogP contribution in [0.4, 0.5) is 0 Å². The lowest BCUT2D eigenvalue weighted by Crippen LogP contribution is -2.24. The van der Waals surface area contributed by atoms with Crippen LogP contribution in [0.1, 0.15) is 31.8 Å². The summed E-state index contributed by atoms with van der Waals surface area (Å²) >= 11 is 0. The van der Waals surface area contributed by atoms with Gasteiger partial charge in [-0.25, -0.2) is 0 Å². The minimum absolute atomic E-state index is 0.0218. The zero-order valence-corrected chi connectivity index (χ0v) is 13.1. The second kappa shape index (κ2) is 5.45. The minimum atomic E-state index is -0.712. The molecule has 0 atom stereocenters. The molecule has 0 unspecified atom stereocenters. The van der Waals surface area contributed by atoms with Crippen molar-refractivity contribution in [1.29, 1.82) is 0 Å². The summed E-state index contributed by atoms with van der Waals surface area (Å²) in [7, 11) is 3.72. The number of hydrogen-bond donors (Lipinski definition) is 1. The van der Waals surface area contributed by atoms with Crippen molar-refractivity contribution in [3.8, 4) is 28.7 Å². The van der Waals surface area contributed by atoms with Gasteiger partial charge in [0.2, 0.25) is 5.78 Å². The molecule has 0 amide bonds. The Morgan fingerprint density at radius 1 is 0.833 bits per heavy atom. The van der Waals surface area contributed by atoms with Crippen molar-refractivity contribution in [1.82, 2.24) is 0 Å². The topological polar surface area (TPSA) is 105 Å². The second-order valence-corrected chi connectivity index (χ2v) is 5.04. The maximum atomic E-state index is 12.9. The zero-order chi connectivity index (χ0) is 17.6. The molecule has 0 aliphatic heterocycles. The highest BCUT2D eigenvalue weighted by molar-refractivity contribution is 6.31. The number of phenols is 1. The number of methoxy groups -OCH3 is 3. The first kappa shape index (κ1) is 15.7. The van der Waals surface area contributed by atoms with Gasteiger partial charge < -0.3 is 24.4 Å². The van der Waals surface area contributed by atoms with E-state index in [0.29, 0.717) is 0 Å². The molecule has 124 valence electrons. The Bertz CT molecular complexity index is 883. The van der Waals surface area contributed by atoms with Gasteiger partial charge in [0.05, 0.1) is 38.0 Å². The average Bonchev–Trinajstić information content (AvgIpc) is 2.58. The molecule has 7 nitrogen and oxygen atoms in total. The SMILES string of the molecule is COc1c([O-])c(OC)c2c(c1OC)C(=O)c1cccc(O)c1C2=O. The number of phenolic OH excluding ortho intramolecular Hbond substituents is 1. The van der Waals surface area contributed by atoms with Gasteiger partial charge >= 0.3 is 0 Å². The fourth-order valence-electron chi connectivity index (χ4n) is 2.90. The highest BCUT2D eigenvalue weighted by Crippen LogP contribution is 2.51. The third kappa shape index (κ3) is 1.84. The van der Waals surface area contributed by atoms with Crippen LogP contribution in [0.15, 0.2) is 18.2 Å². The molecular weight excluding hydrogens is 316 g/mol. The normalized spacial score (nSPS) is 12.5. The largest absolute Gasteiger partial charge is 0.867 e. The fourth-order valence-corrected chi connectivity index (χ4v) is 2.90. The number of benzene rings is 2. The van der Waals surface area contributed by atoms with Crippen LogP contribution in [0.3, 0.4) is 0 Å². The Kier molecular flexibility index (Phi) is 3.56. The summed E-state index contributed by atoms with van der Waals surface area (Å²) in [5, 5.41) is 22.5. The van der Waals surface area contributed by atoms with Crippen LogP contribution in [0.25, 0.3) is 0 Å². The van der Waals surface area contributed by atoms with Crippen molar-refractivity contribution in [3.63, 3.8) is 0 Å². The first-order valence-electron chi connectivity index (χ1n) is 6.92. The van der Waals surface area contributed by atoms with Crippen LogP contribution in [0.5, 0.6) is 28.7 Å². The van der Waals surface area contributed by atoms with Gasteiger partial charge in [-0.15, -0.1) is 0 Å². The summed E-state index contributed by atoms with van der Waals surface area (Å²) in [4.78, 5) is 25.7. The van der Waals surface area contributed by atoms with Gasteiger partial charge in [0.25, 0.3) is 0 Å². The molecule has 0 saturated heterocycles. The van der Waals surface area contributed by atoms with Gasteiger partial charge in [-0.1, -0.05) is 12.1 Å². The van der Waals surface area contributed by atoms with Crippen molar-refractivity contribution in [2.45, 2.75) is 0 Å². The fraction of sp³-hybridized carbons (Fsp3) is 0.176. The third-order valence-electron chi connectivity index (χ3n) is 3.90. The lowest BCUT2D eigenvalue weighted by molar-refractivity contribution is -0.271. The summed E-state index contributed by atoms with van der Waals surface area (Å²) < 4.78 is 15.3. The Morgan fingerprint density at radius 2 is 1.42 bits per heavy atom. The number of aromatic hydroxyl groups is 1. The quantitative estimate of drug-likeness (QED) is 0.771. The van der Waals surface area contributed by atoms with Crippen molar-refractivity contribution in [2.75, 3.05) is 21.3 Å². The molecule has 1 aliphatic rings. The molecule has 0 bridgehead atoms. The molecule has 1 N–H and O–H groups in total. The van der Waals surface area contributed by atoms with Gasteiger partial charge in [-0.3, -0.25) is 9.59 Å². The summed E-state index contributed by atoms with van der Waals surface area (Å²) in [6.07, 6.45) is 0. The van der Waals surface area contributed by atoms with E-state index in [4.69, 9.17) is 14.2 Å². The summed E-state index contributed by atoms with van der Waals surface area (Å²) in [6, 6.07) is 4.16. The minimum Gasteiger partial charge on any atom is -0.867 e. The Morgan fingerprint density at radius 3 is 2.00 bits per heavy atom. The maximum absolute atomic E-state index is 12.9. The molecule has 2 aromatic carbocycles. The predicted octanol–water partition coefficient (Wildman–Crippen LogP) is 1.27. The smallest absolute Gasteiger partial charge is 0.202 e. The molecular formula is C17H13O7-. The van der Waals surface area contributed by atoms with Crippen molar-refractivity contribution >= 4 is 11.6 Å². The number of carbonyl (C=O) groups is 2. The van der Waals surface area contributed by atoms with E-state index in [-0.39, 0.29) is 45.3 Å². The standard InChI is InChI=1S/C17H14O7/c1-22-15-11-10(16(23-2)17(24-3)14(15)21)12(19)7-5-4-6-8(18)9(7)13(11)20/h4-6,18,21H,1-3H3/p-1. The number of ketones is 2. The number of ether oxygens (including phenoxy) is 3. The van der Waals surface area contributed by atoms with E-state index in [2.05, 4.69) is 0 Å². The lowest BCUT2D eigenvalue weighted by atomic mass is 9.82. The first-order chi connectivity index (χ1) is 11.5. The number of fused-ring (bicyclic) bond motifs is 2. The molecule has 0 heterocycles. The maximum Gasteiger partial charge on any atom is 0.202 e. The summed E-state index contributed by atoms with van der Waals surface area (Å²) in [5.41, 5.74) is -0.499. The monoisotopic (exact) mass is 329 g/mol. The summed E-state index contributed by atoms with van der Waals surface area (Å²) in [5.74, 6) is -2.99. The van der Waals surface area contributed by atoms with Gasteiger partial charge in [-0.05, 0) is 11.8 Å². The number of rotatable bonds is 3. The summed E-state index contributed by atoms with van der Waals surface area (Å²) in [6.45, 7) is 0. The van der Waals surface area contributed by atoms with E-state index in [0.717, 1.165) is 0 Å². The zero-order valence-electron chi connectivity index (χ0n) is 13.1. The molecule has 24 heavy (non-hydrogen) atoms. The highest BCUT2D eigenvalue weighted by Gasteiger charge is 2.39. The van der Waals surface area contributed by atoms with E-state index in [1.807, 2.05) is 0 Å². The average molecular weight is 329 g/mol. The van der Waals surface area contributed by atoms with Gasteiger partial charge in [-0.2, -0.15) is 0 Å². The Hall–Kier alpha value is -3.22. The highest BCUT2D eigenvalue weighted by atomic mass is 16.5. The molecule has 3 rings (SSSR count). The number of carbonyl (C=O) groups excluding carboxylic acids is 2. The van der Waals surface area contributed by atoms with E-state index in [1.54, 1.807) is 0 Å². The van der Waals surface area contributed by atoms with Crippen LogP contribution in [0.2, 0.25) is 0 Å². The van der Waals surface area contributed by atoms with Crippen LogP contribution in [-0.2, 0) is 0 Å². The first-order valence-corrected chi connectivity index (χ1v) is 6.92. The van der Waals surface area contributed by atoms with Crippen LogP contribution < -0.4 is 19.3 Å². The molecule has 2 aromatic rings. The molecule has 7 heteroatoms. The molecule has 0 saturated carbocycles. The van der Waals surface area contributed by atoms with Gasteiger partial charge in [0.1, 0.15) is 11.5 Å². The number of hydrogen-bond acceptors (Lipinski definition) is 7. The van der Waals surface area contributed by atoms with Crippen molar-refractivity contribution in [2.24, 2.45) is 0 Å².